The molecule has 0 unspecified atom stereocenters. The zero-order valence-corrected chi connectivity index (χ0v) is 14.8. The van der Waals surface area contributed by atoms with Gasteiger partial charge >= 0.3 is 0 Å². The van der Waals surface area contributed by atoms with Crippen LogP contribution < -0.4 is 10.2 Å². The van der Waals surface area contributed by atoms with Gasteiger partial charge in [-0.3, -0.25) is 4.79 Å². The molecular formula is C21H25FN2O. The SMILES string of the molecule is Cc1ccc(/C(C=O)=C/NCCCCN(C)c2ccccc2)cc1F. The zero-order chi connectivity index (χ0) is 18.1. The van der Waals surface area contributed by atoms with Gasteiger partial charge in [0.1, 0.15) is 5.82 Å². The standard InChI is InChI=1S/C21H25FN2O/c1-17-10-11-18(14-21(17)22)19(16-25)15-23-12-6-7-13-24(2)20-8-4-3-5-9-20/h3-5,8-11,14-16,23H,6-7,12-13H2,1-2H3/b19-15+. The second kappa shape index (κ2) is 9.62. The molecule has 0 heterocycles. The number of allylic oxidation sites excluding steroid dienone is 1. The molecule has 1 N–H and O–H groups in total. The second-order valence-corrected chi connectivity index (χ2v) is 6.10. The van der Waals surface area contributed by atoms with E-state index in [1.54, 1.807) is 25.3 Å². The Morgan fingerprint density at radius 3 is 2.60 bits per heavy atom. The number of para-hydroxylation sites is 1. The van der Waals surface area contributed by atoms with Crippen LogP contribution in [-0.4, -0.2) is 26.4 Å². The van der Waals surface area contributed by atoms with Gasteiger partial charge in [0, 0.05) is 37.6 Å². The number of unbranched alkanes of at least 4 members (excludes halogenated alkanes) is 1. The highest BCUT2D eigenvalue weighted by Crippen LogP contribution is 2.16. The monoisotopic (exact) mass is 340 g/mol. The highest BCUT2D eigenvalue weighted by molar-refractivity contribution is 6.06. The molecule has 0 aromatic heterocycles. The number of aryl methyl sites for hydroxylation is 1. The molecule has 0 spiro atoms. The molecule has 0 radical (unpaired) electrons. The van der Waals surface area contributed by atoms with Crippen molar-refractivity contribution in [3.63, 3.8) is 0 Å². The molecule has 0 aliphatic heterocycles. The van der Waals surface area contributed by atoms with Crippen molar-refractivity contribution in [1.82, 2.24) is 5.32 Å². The Bertz CT molecular complexity index is 713. The van der Waals surface area contributed by atoms with Crippen LogP contribution in [0.4, 0.5) is 10.1 Å². The zero-order valence-electron chi connectivity index (χ0n) is 14.8. The van der Waals surface area contributed by atoms with Gasteiger partial charge < -0.3 is 10.2 Å². The number of hydrogen-bond acceptors (Lipinski definition) is 3. The Hall–Kier alpha value is -2.62. The summed E-state index contributed by atoms with van der Waals surface area (Å²) in [4.78, 5) is 13.5. The van der Waals surface area contributed by atoms with Crippen LogP contribution in [-0.2, 0) is 4.79 Å². The fraction of sp³-hybridized carbons (Fsp3) is 0.286. The maximum atomic E-state index is 13.6. The predicted octanol–water partition coefficient (Wildman–Crippen LogP) is 4.18. The summed E-state index contributed by atoms with van der Waals surface area (Å²) >= 11 is 0. The van der Waals surface area contributed by atoms with Crippen molar-refractivity contribution in [2.75, 3.05) is 25.0 Å². The van der Waals surface area contributed by atoms with Crippen LogP contribution >= 0.6 is 0 Å². The van der Waals surface area contributed by atoms with Crippen LogP contribution in [0.2, 0.25) is 0 Å². The molecule has 2 aromatic rings. The van der Waals surface area contributed by atoms with Gasteiger partial charge in [-0.15, -0.1) is 0 Å². The van der Waals surface area contributed by atoms with Gasteiger partial charge in [-0.25, -0.2) is 4.39 Å². The van der Waals surface area contributed by atoms with Crippen molar-refractivity contribution >= 4 is 17.5 Å². The lowest BCUT2D eigenvalue weighted by molar-refractivity contribution is -0.103. The largest absolute Gasteiger partial charge is 0.390 e. The van der Waals surface area contributed by atoms with Crippen LogP contribution in [0.15, 0.2) is 54.7 Å². The predicted molar refractivity (Wildman–Crippen MR) is 102 cm³/mol. The van der Waals surface area contributed by atoms with Crippen LogP contribution in [0.5, 0.6) is 0 Å². The number of nitrogens with one attached hydrogen (secondary N) is 1. The second-order valence-electron chi connectivity index (χ2n) is 6.10. The van der Waals surface area contributed by atoms with Gasteiger partial charge in [-0.1, -0.05) is 30.3 Å². The number of rotatable bonds is 9. The number of halogens is 1. The summed E-state index contributed by atoms with van der Waals surface area (Å²) in [6.07, 6.45) is 4.45. The van der Waals surface area contributed by atoms with Gasteiger partial charge in [0.15, 0.2) is 6.29 Å². The van der Waals surface area contributed by atoms with Crippen molar-refractivity contribution < 1.29 is 9.18 Å². The van der Waals surface area contributed by atoms with E-state index in [-0.39, 0.29) is 5.82 Å². The van der Waals surface area contributed by atoms with E-state index in [1.807, 2.05) is 18.2 Å². The Kier molecular flexibility index (Phi) is 7.20. The summed E-state index contributed by atoms with van der Waals surface area (Å²) in [6, 6.07) is 15.1. The number of benzene rings is 2. The van der Waals surface area contributed by atoms with Crippen molar-refractivity contribution in [3.8, 4) is 0 Å². The molecule has 2 aromatic carbocycles. The molecule has 0 fully saturated rings. The molecule has 0 atom stereocenters. The average Bonchev–Trinajstić information content (AvgIpc) is 2.64. The molecule has 2 rings (SSSR count). The molecular weight excluding hydrogens is 315 g/mol. The molecule has 3 nitrogen and oxygen atoms in total. The van der Waals surface area contributed by atoms with Gasteiger partial charge in [-0.2, -0.15) is 0 Å². The lowest BCUT2D eigenvalue weighted by atomic mass is 10.1. The highest BCUT2D eigenvalue weighted by atomic mass is 19.1. The first-order valence-electron chi connectivity index (χ1n) is 8.53. The first-order valence-corrected chi connectivity index (χ1v) is 8.53. The molecule has 0 saturated heterocycles. The Labute approximate surface area is 149 Å². The van der Waals surface area contributed by atoms with Gasteiger partial charge in [0.25, 0.3) is 0 Å². The van der Waals surface area contributed by atoms with E-state index in [1.165, 1.54) is 11.8 Å². The van der Waals surface area contributed by atoms with Crippen LogP contribution in [0, 0.1) is 12.7 Å². The quantitative estimate of drug-likeness (QED) is 0.422. The molecule has 0 bridgehead atoms. The third kappa shape index (κ3) is 5.75. The fourth-order valence-corrected chi connectivity index (χ4v) is 2.53. The number of anilines is 1. The van der Waals surface area contributed by atoms with E-state index in [0.717, 1.165) is 32.2 Å². The summed E-state index contributed by atoms with van der Waals surface area (Å²) < 4.78 is 13.6. The number of carbonyl (C=O) groups excluding carboxylic acids is 1. The minimum atomic E-state index is -0.297. The van der Waals surface area contributed by atoms with Crippen LogP contribution in [0.3, 0.4) is 0 Å². The van der Waals surface area contributed by atoms with Crippen molar-refractivity contribution in [3.05, 3.63) is 71.7 Å². The first-order chi connectivity index (χ1) is 12.1. The van der Waals surface area contributed by atoms with E-state index >= 15 is 0 Å². The van der Waals surface area contributed by atoms with E-state index in [0.29, 0.717) is 16.7 Å². The minimum Gasteiger partial charge on any atom is -0.390 e. The highest BCUT2D eigenvalue weighted by Gasteiger charge is 2.04. The molecule has 0 aliphatic carbocycles. The van der Waals surface area contributed by atoms with E-state index < -0.39 is 0 Å². The van der Waals surface area contributed by atoms with Gasteiger partial charge in [-0.05, 0) is 49.1 Å². The van der Waals surface area contributed by atoms with E-state index in [2.05, 4.69) is 29.4 Å². The van der Waals surface area contributed by atoms with Crippen molar-refractivity contribution in [2.45, 2.75) is 19.8 Å². The molecule has 25 heavy (non-hydrogen) atoms. The van der Waals surface area contributed by atoms with Gasteiger partial charge in [0.05, 0.1) is 0 Å². The molecule has 4 heteroatoms. The Morgan fingerprint density at radius 2 is 1.92 bits per heavy atom. The summed E-state index contributed by atoms with van der Waals surface area (Å²) in [6.45, 7) is 3.45. The molecule has 0 amide bonds. The lowest BCUT2D eigenvalue weighted by Crippen LogP contribution is -2.19. The molecule has 132 valence electrons. The average molecular weight is 340 g/mol. The van der Waals surface area contributed by atoms with E-state index in [4.69, 9.17) is 0 Å². The maximum Gasteiger partial charge on any atom is 0.152 e. The third-order valence-corrected chi connectivity index (χ3v) is 4.15. The normalized spacial score (nSPS) is 11.2. The molecule has 0 saturated carbocycles. The van der Waals surface area contributed by atoms with Crippen LogP contribution in [0.25, 0.3) is 5.57 Å². The van der Waals surface area contributed by atoms with E-state index in [9.17, 15) is 9.18 Å². The van der Waals surface area contributed by atoms with Crippen molar-refractivity contribution in [1.29, 1.82) is 0 Å². The third-order valence-electron chi connectivity index (χ3n) is 4.15. The number of aldehydes is 1. The Morgan fingerprint density at radius 1 is 1.16 bits per heavy atom. The summed E-state index contributed by atoms with van der Waals surface area (Å²) in [7, 11) is 2.08. The maximum absolute atomic E-state index is 13.6. The number of hydrogen-bond donors (Lipinski definition) is 1. The summed E-state index contributed by atoms with van der Waals surface area (Å²) in [5, 5.41) is 3.15. The fourth-order valence-electron chi connectivity index (χ4n) is 2.53. The van der Waals surface area contributed by atoms with Crippen LogP contribution in [0.1, 0.15) is 24.0 Å². The first kappa shape index (κ1) is 18.7. The minimum absolute atomic E-state index is 0.297. The molecule has 0 aliphatic rings. The smallest absolute Gasteiger partial charge is 0.152 e. The van der Waals surface area contributed by atoms with Gasteiger partial charge in [0.2, 0.25) is 0 Å². The summed E-state index contributed by atoms with van der Waals surface area (Å²) in [5.74, 6) is -0.297. The lowest BCUT2D eigenvalue weighted by Gasteiger charge is -2.19. The van der Waals surface area contributed by atoms with Crippen molar-refractivity contribution in [2.24, 2.45) is 0 Å². The Balaban J connectivity index is 1.76. The summed E-state index contributed by atoms with van der Waals surface area (Å²) in [5.41, 5.74) is 2.83. The number of nitrogens with zero attached hydrogens (tertiary/aromatic N) is 1. The number of carbonyl (C=O) groups is 1. The topological polar surface area (TPSA) is 32.3 Å².